The first-order valence-corrected chi connectivity index (χ1v) is 12.4. The monoisotopic (exact) mass is 452 g/mol. The highest BCUT2D eigenvalue weighted by molar-refractivity contribution is 7.89. The molecule has 1 aliphatic rings. The fourth-order valence-corrected chi connectivity index (χ4v) is 5.47. The van der Waals surface area contributed by atoms with Gasteiger partial charge in [0.05, 0.1) is 16.3 Å². The highest BCUT2D eigenvalue weighted by atomic mass is 32.2. The zero-order chi connectivity index (χ0) is 22.9. The Morgan fingerprint density at radius 3 is 2.41 bits per heavy atom. The van der Waals surface area contributed by atoms with E-state index in [4.69, 9.17) is 0 Å². The fraction of sp³-hybridized carbons (Fsp3) is 0.333. The van der Waals surface area contributed by atoms with Gasteiger partial charge in [-0.25, -0.2) is 13.1 Å². The number of amides is 1. The Hall–Kier alpha value is -2.97. The number of hydrogen-bond donors (Lipinski definition) is 1. The largest absolute Gasteiger partial charge is 0.321 e. The normalized spacial score (nSPS) is 14.0. The van der Waals surface area contributed by atoms with Gasteiger partial charge in [0.25, 0.3) is 5.91 Å². The Morgan fingerprint density at radius 1 is 1.09 bits per heavy atom. The third-order valence-electron chi connectivity index (χ3n) is 5.73. The van der Waals surface area contributed by atoms with Crippen LogP contribution < -0.4 is 5.32 Å². The van der Waals surface area contributed by atoms with Crippen molar-refractivity contribution in [2.75, 3.05) is 18.4 Å². The maximum Gasteiger partial charge on any atom is 0.274 e. The summed E-state index contributed by atoms with van der Waals surface area (Å²) in [4.78, 5) is 13.4. The molecular weight excluding hydrogens is 424 g/mol. The van der Waals surface area contributed by atoms with Crippen LogP contribution in [0.3, 0.4) is 0 Å². The molecule has 0 radical (unpaired) electrons. The summed E-state index contributed by atoms with van der Waals surface area (Å²) in [5.41, 5.74) is 3.21. The van der Waals surface area contributed by atoms with Crippen molar-refractivity contribution in [2.24, 2.45) is 0 Å². The summed E-state index contributed by atoms with van der Waals surface area (Å²) >= 11 is 0. The molecule has 8 heteroatoms. The second-order valence-corrected chi connectivity index (χ2v) is 9.91. The maximum absolute atomic E-state index is 13.2. The molecule has 4 rings (SSSR count). The number of aromatic nitrogens is 2. The highest BCUT2D eigenvalue weighted by Crippen LogP contribution is 2.39. The summed E-state index contributed by atoms with van der Waals surface area (Å²) in [5.74, 6) is 0.0694. The van der Waals surface area contributed by atoms with E-state index in [-0.39, 0.29) is 10.8 Å². The minimum atomic E-state index is -3.64. The van der Waals surface area contributed by atoms with Crippen molar-refractivity contribution >= 4 is 21.6 Å². The molecule has 0 unspecified atom stereocenters. The zero-order valence-corrected chi connectivity index (χ0v) is 19.4. The summed E-state index contributed by atoms with van der Waals surface area (Å²) in [6, 6.07) is 16.3. The van der Waals surface area contributed by atoms with E-state index < -0.39 is 10.0 Å². The van der Waals surface area contributed by atoms with E-state index >= 15 is 0 Å². The van der Waals surface area contributed by atoms with E-state index in [0.29, 0.717) is 36.0 Å². The molecule has 0 aliphatic heterocycles. The Balaban J connectivity index is 1.67. The SMILES string of the molecule is CCN(CC)S(=O)(=O)c1cc(NC(=O)c2cc(C3CC3)nn2-c2ccccc2)ccc1C. The molecular formula is C24H28N4O3S. The number of hydrogen-bond acceptors (Lipinski definition) is 4. The fourth-order valence-electron chi connectivity index (χ4n) is 3.76. The van der Waals surface area contributed by atoms with Crippen molar-refractivity contribution in [3.63, 3.8) is 0 Å². The van der Waals surface area contributed by atoms with E-state index in [1.807, 2.05) is 50.2 Å². The number of carbonyl (C=O) groups excluding carboxylic acids is 1. The van der Waals surface area contributed by atoms with E-state index in [0.717, 1.165) is 24.2 Å². The maximum atomic E-state index is 13.2. The summed E-state index contributed by atoms with van der Waals surface area (Å²) in [6.45, 7) is 6.15. The molecule has 1 aromatic heterocycles. The van der Waals surface area contributed by atoms with Gasteiger partial charge in [-0.05, 0) is 55.7 Å². The van der Waals surface area contributed by atoms with Crippen LogP contribution in [0.5, 0.6) is 0 Å². The van der Waals surface area contributed by atoms with Gasteiger partial charge in [0.1, 0.15) is 5.69 Å². The topological polar surface area (TPSA) is 84.3 Å². The van der Waals surface area contributed by atoms with E-state index in [9.17, 15) is 13.2 Å². The summed E-state index contributed by atoms with van der Waals surface area (Å²) in [5, 5.41) is 7.55. The number of aryl methyl sites for hydroxylation is 1. The molecule has 0 atom stereocenters. The lowest BCUT2D eigenvalue weighted by Gasteiger charge is -2.20. The second kappa shape index (κ2) is 8.88. The summed E-state index contributed by atoms with van der Waals surface area (Å²) in [6.07, 6.45) is 2.16. The van der Waals surface area contributed by atoms with Crippen LogP contribution >= 0.6 is 0 Å². The van der Waals surface area contributed by atoms with Crippen LogP contribution in [0.25, 0.3) is 5.69 Å². The molecule has 1 amide bonds. The summed E-state index contributed by atoms with van der Waals surface area (Å²) < 4.78 is 29.2. The van der Waals surface area contributed by atoms with E-state index in [1.54, 1.807) is 23.7 Å². The highest BCUT2D eigenvalue weighted by Gasteiger charge is 2.29. The molecule has 1 saturated carbocycles. The zero-order valence-electron chi connectivity index (χ0n) is 18.6. The molecule has 0 bridgehead atoms. The van der Waals surface area contributed by atoms with Crippen LogP contribution in [0.1, 0.15) is 54.4 Å². The Labute approximate surface area is 189 Å². The predicted molar refractivity (Wildman–Crippen MR) is 125 cm³/mol. The minimum absolute atomic E-state index is 0.203. The quantitative estimate of drug-likeness (QED) is 0.551. The van der Waals surface area contributed by atoms with E-state index in [1.165, 1.54) is 10.4 Å². The first kappa shape index (κ1) is 22.2. The molecule has 1 aliphatic carbocycles. The molecule has 1 N–H and O–H groups in total. The van der Waals surface area contributed by atoms with Gasteiger partial charge in [-0.15, -0.1) is 0 Å². The number of benzene rings is 2. The summed E-state index contributed by atoms with van der Waals surface area (Å²) in [7, 11) is -3.64. The number of rotatable bonds is 8. The van der Waals surface area contributed by atoms with Crippen LogP contribution in [-0.4, -0.2) is 41.5 Å². The second-order valence-electron chi connectivity index (χ2n) is 8.00. The first-order chi connectivity index (χ1) is 15.3. The van der Waals surface area contributed by atoms with Crippen molar-refractivity contribution < 1.29 is 13.2 Å². The van der Waals surface area contributed by atoms with Crippen molar-refractivity contribution in [3.05, 3.63) is 71.5 Å². The lowest BCUT2D eigenvalue weighted by Crippen LogP contribution is -2.31. The molecule has 1 heterocycles. The van der Waals surface area contributed by atoms with E-state index in [2.05, 4.69) is 10.4 Å². The van der Waals surface area contributed by atoms with Crippen LogP contribution in [0.2, 0.25) is 0 Å². The van der Waals surface area contributed by atoms with Crippen LogP contribution in [0.15, 0.2) is 59.5 Å². The standard InChI is InChI=1S/C24H28N4O3S/c1-4-27(5-2)32(30,31)23-15-19(14-11-17(23)3)25-24(29)22-16-21(18-12-13-18)26-28(22)20-9-7-6-8-10-20/h6-11,14-16,18H,4-5,12-13H2,1-3H3,(H,25,29). The third-order valence-corrected chi connectivity index (χ3v) is 7.92. The number of anilines is 1. The molecule has 7 nitrogen and oxygen atoms in total. The van der Waals surface area contributed by atoms with Gasteiger partial charge in [-0.1, -0.05) is 38.1 Å². The Bertz CT molecular complexity index is 1230. The molecule has 168 valence electrons. The van der Waals surface area contributed by atoms with Crippen molar-refractivity contribution in [2.45, 2.75) is 44.4 Å². The van der Waals surface area contributed by atoms with Crippen molar-refractivity contribution in [3.8, 4) is 5.69 Å². The number of sulfonamides is 1. The molecule has 1 fully saturated rings. The van der Waals surface area contributed by atoms with Gasteiger partial charge < -0.3 is 5.32 Å². The lowest BCUT2D eigenvalue weighted by atomic mass is 10.2. The Morgan fingerprint density at radius 2 is 1.78 bits per heavy atom. The predicted octanol–water partition coefficient (Wildman–Crippen LogP) is 4.34. The molecule has 0 spiro atoms. The van der Waals surface area contributed by atoms with Gasteiger partial charge in [-0.2, -0.15) is 9.40 Å². The van der Waals surface area contributed by atoms with Crippen LogP contribution in [0, 0.1) is 6.92 Å². The number of carbonyl (C=O) groups is 1. The van der Waals surface area contributed by atoms with Gasteiger partial charge >= 0.3 is 0 Å². The molecule has 32 heavy (non-hydrogen) atoms. The molecule has 3 aromatic rings. The first-order valence-electron chi connectivity index (χ1n) is 10.9. The number of nitrogens with zero attached hydrogens (tertiary/aromatic N) is 3. The average molecular weight is 453 g/mol. The van der Waals surface area contributed by atoms with Gasteiger partial charge in [0, 0.05) is 24.7 Å². The Kier molecular flexibility index (Phi) is 6.17. The van der Waals surface area contributed by atoms with Crippen molar-refractivity contribution in [1.82, 2.24) is 14.1 Å². The van der Waals surface area contributed by atoms with Gasteiger partial charge in [-0.3, -0.25) is 4.79 Å². The van der Waals surface area contributed by atoms with Crippen LogP contribution in [-0.2, 0) is 10.0 Å². The smallest absolute Gasteiger partial charge is 0.274 e. The lowest BCUT2D eigenvalue weighted by molar-refractivity contribution is 0.101. The van der Waals surface area contributed by atoms with Gasteiger partial charge in [0.15, 0.2) is 0 Å². The number of para-hydroxylation sites is 1. The molecule has 2 aromatic carbocycles. The third kappa shape index (κ3) is 4.33. The minimum Gasteiger partial charge on any atom is -0.321 e. The average Bonchev–Trinajstić information content (AvgIpc) is 3.54. The van der Waals surface area contributed by atoms with Gasteiger partial charge in [0.2, 0.25) is 10.0 Å². The molecule has 0 saturated heterocycles. The number of nitrogens with one attached hydrogen (secondary N) is 1. The van der Waals surface area contributed by atoms with Crippen LogP contribution in [0.4, 0.5) is 5.69 Å². The van der Waals surface area contributed by atoms with Crippen molar-refractivity contribution in [1.29, 1.82) is 0 Å².